The third kappa shape index (κ3) is 4.18. The van der Waals surface area contributed by atoms with Crippen LogP contribution >= 0.6 is 34.7 Å². The monoisotopic (exact) mass is 397 g/mol. The van der Waals surface area contributed by atoms with E-state index in [2.05, 4.69) is 10.2 Å². The highest BCUT2D eigenvalue weighted by atomic mass is 35.5. The zero-order chi connectivity index (χ0) is 18.1. The van der Waals surface area contributed by atoms with Crippen LogP contribution in [0.15, 0.2) is 27.4 Å². The van der Waals surface area contributed by atoms with Crippen molar-refractivity contribution < 1.29 is 23.1 Å². The van der Waals surface area contributed by atoms with Crippen LogP contribution in [-0.2, 0) is 4.79 Å². The zero-order valence-corrected chi connectivity index (χ0v) is 14.7. The van der Waals surface area contributed by atoms with Gasteiger partial charge in [0, 0.05) is 4.90 Å². The average molecular weight is 398 g/mol. The standard InChI is InChI=1S/C13H11ClF3N3O2S2/c1-6-19-20-11(23-6)24-7-3-4-9(8(14)5-7)18-10(21)12(2,22)13(15,16)17/h3-5,22H,1-2H3,(H,18,21). The molecular weight excluding hydrogens is 387 g/mol. The van der Waals surface area contributed by atoms with Crippen molar-refractivity contribution in [3.05, 3.63) is 28.2 Å². The minimum absolute atomic E-state index is 0.0348. The molecule has 1 aromatic heterocycles. The number of carbonyl (C=O) groups is 1. The van der Waals surface area contributed by atoms with Crippen LogP contribution in [0.2, 0.25) is 5.02 Å². The lowest BCUT2D eigenvalue weighted by molar-refractivity contribution is -0.242. The summed E-state index contributed by atoms with van der Waals surface area (Å²) in [4.78, 5) is 12.3. The molecule has 1 amide bonds. The molecule has 0 aliphatic carbocycles. The van der Waals surface area contributed by atoms with Gasteiger partial charge in [0.05, 0.1) is 10.7 Å². The maximum atomic E-state index is 12.6. The largest absolute Gasteiger partial charge is 0.426 e. The summed E-state index contributed by atoms with van der Waals surface area (Å²) >= 11 is 8.64. The van der Waals surface area contributed by atoms with Crippen molar-refractivity contribution in [3.8, 4) is 0 Å². The van der Waals surface area contributed by atoms with E-state index < -0.39 is 17.7 Å². The molecule has 2 aromatic rings. The van der Waals surface area contributed by atoms with E-state index in [1.165, 1.54) is 35.2 Å². The van der Waals surface area contributed by atoms with Gasteiger partial charge < -0.3 is 10.4 Å². The zero-order valence-electron chi connectivity index (χ0n) is 12.3. The first-order chi connectivity index (χ1) is 11.0. The molecule has 0 saturated carbocycles. The summed E-state index contributed by atoms with van der Waals surface area (Å²) in [5.74, 6) is -1.61. The van der Waals surface area contributed by atoms with E-state index in [1.807, 2.05) is 5.32 Å². The normalized spacial score (nSPS) is 14.3. The number of aliphatic hydroxyl groups is 1. The van der Waals surface area contributed by atoms with Crippen LogP contribution in [0.4, 0.5) is 18.9 Å². The van der Waals surface area contributed by atoms with Crippen LogP contribution in [-0.4, -0.2) is 33.0 Å². The summed E-state index contributed by atoms with van der Waals surface area (Å²) < 4.78 is 38.6. The van der Waals surface area contributed by atoms with Crippen LogP contribution in [0, 0.1) is 6.92 Å². The van der Waals surface area contributed by atoms with Crippen LogP contribution in [0.3, 0.4) is 0 Å². The molecule has 0 bridgehead atoms. The molecule has 1 aromatic carbocycles. The van der Waals surface area contributed by atoms with Gasteiger partial charge in [0.1, 0.15) is 5.01 Å². The average Bonchev–Trinajstić information content (AvgIpc) is 2.85. The second-order valence-electron chi connectivity index (χ2n) is 4.85. The molecule has 2 N–H and O–H groups in total. The molecule has 130 valence electrons. The molecule has 24 heavy (non-hydrogen) atoms. The lowest BCUT2D eigenvalue weighted by atomic mass is 10.1. The number of halogens is 4. The first kappa shape index (κ1) is 19.0. The first-order valence-electron chi connectivity index (χ1n) is 6.39. The van der Waals surface area contributed by atoms with E-state index >= 15 is 0 Å². The summed E-state index contributed by atoms with van der Waals surface area (Å²) in [5, 5.41) is 19.9. The van der Waals surface area contributed by atoms with Crippen molar-refractivity contribution >= 4 is 46.3 Å². The molecule has 0 aliphatic heterocycles. The van der Waals surface area contributed by atoms with Crippen LogP contribution in [0.25, 0.3) is 0 Å². The second kappa shape index (κ2) is 6.87. The first-order valence-corrected chi connectivity index (χ1v) is 8.40. The Kier molecular flexibility index (Phi) is 5.43. The third-order valence-electron chi connectivity index (χ3n) is 2.90. The number of amides is 1. The number of anilines is 1. The molecule has 0 fully saturated rings. The van der Waals surface area contributed by atoms with Gasteiger partial charge in [0.25, 0.3) is 5.91 Å². The van der Waals surface area contributed by atoms with Gasteiger partial charge in [-0.1, -0.05) is 34.7 Å². The Labute approximate surface area is 148 Å². The quantitative estimate of drug-likeness (QED) is 0.818. The van der Waals surface area contributed by atoms with Gasteiger partial charge in [-0.05, 0) is 32.0 Å². The molecule has 0 saturated heterocycles. The molecule has 1 unspecified atom stereocenters. The van der Waals surface area contributed by atoms with Crippen molar-refractivity contribution in [3.63, 3.8) is 0 Å². The number of rotatable bonds is 4. The van der Waals surface area contributed by atoms with Crippen LogP contribution in [0.5, 0.6) is 0 Å². The van der Waals surface area contributed by atoms with E-state index in [4.69, 9.17) is 11.6 Å². The Morgan fingerprint density at radius 1 is 1.38 bits per heavy atom. The van der Waals surface area contributed by atoms with Crippen LogP contribution < -0.4 is 5.32 Å². The number of aromatic nitrogens is 2. The number of hydrogen-bond acceptors (Lipinski definition) is 6. The highest BCUT2D eigenvalue weighted by Gasteiger charge is 2.55. The Morgan fingerprint density at radius 2 is 2.04 bits per heavy atom. The fourth-order valence-corrected chi connectivity index (χ4v) is 3.58. The SMILES string of the molecule is Cc1nnc(Sc2ccc(NC(=O)C(C)(O)C(F)(F)F)c(Cl)c2)s1. The second-order valence-corrected chi connectivity index (χ2v) is 7.76. The third-order valence-corrected chi connectivity index (χ3v) is 5.09. The molecule has 2 rings (SSSR count). The number of carbonyl (C=O) groups excluding carboxylic acids is 1. The molecule has 1 atom stereocenters. The summed E-state index contributed by atoms with van der Waals surface area (Å²) in [6.45, 7) is 2.18. The highest BCUT2D eigenvalue weighted by Crippen LogP contribution is 2.35. The van der Waals surface area contributed by atoms with Gasteiger partial charge >= 0.3 is 6.18 Å². The lowest BCUT2D eigenvalue weighted by Gasteiger charge is -2.25. The maximum absolute atomic E-state index is 12.6. The topological polar surface area (TPSA) is 75.1 Å². The number of nitrogens with zero attached hydrogens (tertiary/aromatic N) is 2. The Balaban J connectivity index is 2.14. The Morgan fingerprint density at radius 3 is 2.54 bits per heavy atom. The molecule has 1 heterocycles. The number of nitrogens with one attached hydrogen (secondary N) is 1. The molecule has 11 heteroatoms. The van der Waals surface area contributed by atoms with Gasteiger partial charge in [-0.25, -0.2) is 0 Å². The smallest absolute Gasteiger partial charge is 0.373 e. The van der Waals surface area contributed by atoms with Gasteiger partial charge in [0.2, 0.25) is 5.60 Å². The summed E-state index contributed by atoms with van der Waals surface area (Å²) in [6, 6.07) is 4.38. The van der Waals surface area contributed by atoms with Crippen molar-refractivity contribution in [2.75, 3.05) is 5.32 Å². The van der Waals surface area contributed by atoms with Crippen molar-refractivity contribution in [2.45, 2.75) is 34.9 Å². The highest BCUT2D eigenvalue weighted by molar-refractivity contribution is 8.01. The van der Waals surface area contributed by atoms with Gasteiger partial charge in [-0.15, -0.1) is 10.2 Å². The van der Waals surface area contributed by atoms with Crippen LogP contribution in [0.1, 0.15) is 11.9 Å². The maximum Gasteiger partial charge on any atom is 0.426 e. The fourth-order valence-electron chi connectivity index (χ4n) is 1.45. The summed E-state index contributed by atoms with van der Waals surface area (Å²) in [7, 11) is 0. The predicted molar refractivity (Wildman–Crippen MR) is 85.5 cm³/mol. The summed E-state index contributed by atoms with van der Waals surface area (Å²) in [5.41, 5.74) is -3.56. The number of alkyl halides is 3. The molecule has 0 spiro atoms. The summed E-state index contributed by atoms with van der Waals surface area (Å²) in [6.07, 6.45) is -5.10. The minimum Gasteiger partial charge on any atom is -0.373 e. The van der Waals surface area contributed by atoms with Crippen molar-refractivity contribution in [1.82, 2.24) is 10.2 Å². The van der Waals surface area contributed by atoms with E-state index in [9.17, 15) is 23.1 Å². The lowest BCUT2D eigenvalue weighted by Crippen LogP contribution is -2.52. The molecule has 0 aliphatic rings. The van der Waals surface area contributed by atoms with Gasteiger partial charge in [0.15, 0.2) is 4.34 Å². The Bertz CT molecular complexity index is 765. The van der Waals surface area contributed by atoms with Crippen molar-refractivity contribution in [1.29, 1.82) is 0 Å². The molecular formula is C13H11ClF3N3O2S2. The fraction of sp³-hybridized carbons (Fsp3) is 0.308. The van der Waals surface area contributed by atoms with E-state index in [-0.39, 0.29) is 10.7 Å². The minimum atomic E-state index is -5.10. The van der Waals surface area contributed by atoms with E-state index in [0.717, 1.165) is 5.01 Å². The van der Waals surface area contributed by atoms with Gasteiger partial charge in [-0.2, -0.15) is 13.2 Å². The van der Waals surface area contributed by atoms with E-state index in [0.29, 0.717) is 16.2 Å². The number of benzene rings is 1. The number of aryl methyl sites for hydroxylation is 1. The van der Waals surface area contributed by atoms with Crippen molar-refractivity contribution in [2.24, 2.45) is 0 Å². The molecule has 0 radical (unpaired) electrons. The predicted octanol–water partition coefficient (Wildman–Crippen LogP) is 3.90. The van der Waals surface area contributed by atoms with Gasteiger partial charge in [-0.3, -0.25) is 4.79 Å². The molecule has 5 nitrogen and oxygen atoms in total. The Hall–Kier alpha value is -1.36. The number of hydrogen-bond donors (Lipinski definition) is 2. The van der Waals surface area contributed by atoms with E-state index in [1.54, 1.807) is 13.0 Å².